The van der Waals surface area contributed by atoms with E-state index in [0.717, 1.165) is 11.4 Å². The van der Waals surface area contributed by atoms with Crippen molar-refractivity contribution in [3.05, 3.63) is 28.5 Å². The van der Waals surface area contributed by atoms with Crippen LogP contribution in [0.25, 0.3) is 0 Å². The summed E-state index contributed by atoms with van der Waals surface area (Å²) in [7, 11) is 1.32. The third kappa shape index (κ3) is 2.80. The Hall–Kier alpha value is -2.02. The predicted molar refractivity (Wildman–Crippen MR) is 68.2 cm³/mol. The largest absolute Gasteiger partial charge is 0.464 e. The number of hydrogen-bond donors (Lipinski definition) is 1. The van der Waals surface area contributed by atoms with E-state index in [1.165, 1.54) is 18.4 Å². The minimum absolute atomic E-state index is 0.273. The number of thiazole rings is 1. The second kappa shape index (κ2) is 5.09. The lowest BCUT2D eigenvalue weighted by atomic mass is 10.4. The Morgan fingerprint density at radius 2 is 1.94 bits per heavy atom. The van der Waals surface area contributed by atoms with Gasteiger partial charge < -0.3 is 10.1 Å². The number of nitrogens with zero attached hydrogens (tertiary/aromatic N) is 3. The molecule has 94 valence electrons. The van der Waals surface area contributed by atoms with Crippen molar-refractivity contribution in [1.82, 2.24) is 15.0 Å². The van der Waals surface area contributed by atoms with Gasteiger partial charge in [0.25, 0.3) is 0 Å². The number of anilines is 2. The fourth-order valence-electron chi connectivity index (χ4n) is 1.41. The summed E-state index contributed by atoms with van der Waals surface area (Å²) in [6.07, 6.45) is 0. The molecule has 0 radical (unpaired) electrons. The van der Waals surface area contributed by atoms with Gasteiger partial charge >= 0.3 is 5.97 Å². The van der Waals surface area contributed by atoms with Crippen LogP contribution in [0.1, 0.15) is 21.9 Å². The zero-order valence-corrected chi connectivity index (χ0v) is 11.0. The minimum atomic E-state index is -0.458. The van der Waals surface area contributed by atoms with E-state index in [9.17, 15) is 4.79 Å². The van der Waals surface area contributed by atoms with Crippen molar-refractivity contribution in [1.29, 1.82) is 0 Å². The molecule has 0 fully saturated rings. The molecule has 0 bridgehead atoms. The third-order valence-corrected chi connectivity index (χ3v) is 2.86. The lowest BCUT2D eigenvalue weighted by molar-refractivity contribution is 0.0595. The topological polar surface area (TPSA) is 77.0 Å². The molecule has 0 aliphatic heterocycles. The monoisotopic (exact) mass is 264 g/mol. The first-order chi connectivity index (χ1) is 8.58. The van der Waals surface area contributed by atoms with E-state index in [1.54, 1.807) is 5.38 Å². The van der Waals surface area contributed by atoms with E-state index < -0.39 is 5.97 Å². The van der Waals surface area contributed by atoms with E-state index in [-0.39, 0.29) is 5.69 Å². The average Bonchev–Trinajstić information content (AvgIpc) is 2.75. The Labute approximate surface area is 108 Å². The van der Waals surface area contributed by atoms with Crippen LogP contribution in [0.2, 0.25) is 0 Å². The third-order valence-electron chi connectivity index (χ3n) is 2.10. The summed E-state index contributed by atoms with van der Waals surface area (Å²) < 4.78 is 4.58. The van der Waals surface area contributed by atoms with E-state index in [0.29, 0.717) is 11.1 Å². The van der Waals surface area contributed by atoms with Crippen LogP contribution in [-0.2, 0) is 4.74 Å². The maximum Gasteiger partial charge on any atom is 0.357 e. The van der Waals surface area contributed by atoms with Gasteiger partial charge in [-0.3, -0.25) is 0 Å². The fourth-order valence-corrected chi connectivity index (χ4v) is 2.08. The zero-order valence-electron chi connectivity index (χ0n) is 10.2. The van der Waals surface area contributed by atoms with Crippen molar-refractivity contribution in [3.63, 3.8) is 0 Å². The lowest BCUT2D eigenvalue weighted by Gasteiger charge is -2.02. The van der Waals surface area contributed by atoms with Crippen molar-refractivity contribution in [2.24, 2.45) is 0 Å². The summed E-state index contributed by atoms with van der Waals surface area (Å²) in [4.78, 5) is 23.8. The number of esters is 1. The number of ether oxygens (including phenoxy) is 1. The van der Waals surface area contributed by atoms with Gasteiger partial charge in [0, 0.05) is 16.8 Å². The molecule has 2 rings (SSSR count). The molecule has 2 heterocycles. The maximum atomic E-state index is 11.3. The number of rotatable bonds is 3. The Bertz CT molecular complexity index is 562. The number of nitrogens with one attached hydrogen (secondary N) is 1. The van der Waals surface area contributed by atoms with E-state index in [4.69, 9.17) is 0 Å². The first-order valence-electron chi connectivity index (χ1n) is 5.21. The molecule has 0 amide bonds. The molecule has 0 atom stereocenters. The Kier molecular flexibility index (Phi) is 3.52. The summed E-state index contributed by atoms with van der Waals surface area (Å²) in [5, 5.41) is 5.14. The van der Waals surface area contributed by atoms with E-state index >= 15 is 0 Å². The lowest BCUT2D eigenvalue weighted by Crippen LogP contribution is -2.03. The number of aryl methyl sites for hydroxylation is 2. The highest BCUT2D eigenvalue weighted by molar-refractivity contribution is 7.14. The number of aromatic nitrogens is 3. The maximum absolute atomic E-state index is 11.3. The normalized spacial score (nSPS) is 10.2. The van der Waals surface area contributed by atoms with Crippen LogP contribution >= 0.6 is 11.3 Å². The summed E-state index contributed by atoms with van der Waals surface area (Å²) in [5.74, 6) is 0.0129. The van der Waals surface area contributed by atoms with Gasteiger partial charge in [-0.05, 0) is 19.9 Å². The first kappa shape index (κ1) is 12.4. The molecule has 0 aliphatic carbocycles. The van der Waals surface area contributed by atoms with Crippen molar-refractivity contribution >= 4 is 28.4 Å². The molecule has 18 heavy (non-hydrogen) atoms. The van der Waals surface area contributed by atoms with Crippen molar-refractivity contribution in [2.45, 2.75) is 13.8 Å². The SMILES string of the molecule is COC(=O)c1csc(Nc2nc(C)cc(C)n2)n1. The van der Waals surface area contributed by atoms with E-state index in [1.807, 2.05) is 19.9 Å². The van der Waals surface area contributed by atoms with Crippen LogP contribution in [0.3, 0.4) is 0 Å². The molecule has 7 heteroatoms. The zero-order chi connectivity index (χ0) is 13.1. The molecule has 0 saturated carbocycles. The number of carbonyl (C=O) groups excluding carboxylic acids is 1. The molecule has 2 aromatic rings. The molecule has 0 saturated heterocycles. The van der Waals surface area contributed by atoms with Gasteiger partial charge in [-0.1, -0.05) is 0 Å². The fraction of sp³-hybridized carbons (Fsp3) is 0.273. The molecule has 1 N–H and O–H groups in total. The standard InChI is InChI=1S/C11H12N4O2S/c1-6-4-7(2)13-10(12-6)15-11-14-8(5-18-11)9(16)17-3/h4-5H,1-3H3,(H,12,13,14,15). The summed E-state index contributed by atoms with van der Waals surface area (Å²) >= 11 is 1.30. The Morgan fingerprint density at radius 3 is 2.56 bits per heavy atom. The highest BCUT2D eigenvalue weighted by Gasteiger charge is 2.11. The van der Waals surface area contributed by atoms with Crippen LogP contribution in [0.5, 0.6) is 0 Å². The summed E-state index contributed by atoms with van der Waals surface area (Å²) in [6, 6.07) is 1.88. The van der Waals surface area contributed by atoms with Gasteiger partial charge in [0.2, 0.25) is 5.95 Å². The number of hydrogen-bond acceptors (Lipinski definition) is 7. The van der Waals surface area contributed by atoms with E-state index in [2.05, 4.69) is 25.0 Å². The van der Waals surface area contributed by atoms with Gasteiger partial charge in [-0.15, -0.1) is 11.3 Å². The minimum Gasteiger partial charge on any atom is -0.464 e. The molecular weight excluding hydrogens is 252 g/mol. The highest BCUT2D eigenvalue weighted by Crippen LogP contribution is 2.19. The van der Waals surface area contributed by atoms with Gasteiger partial charge in [0.1, 0.15) is 0 Å². The molecule has 2 aromatic heterocycles. The van der Waals surface area contributed by atoms with Crippen molar-refractivity contribution in [2.75, 3.05) is 12.4 Å². The summed E-state index contributed by atoms with van der Waals surface area (Å²) in [6.45, 7) is 3.78. The molecule has 0 aliphatic rings. The van der Waals surface area contributed by atoms with Gasteiger partial charge in [-0.2, -0.15) is 0 Å². The van der Waals surface area contributed by atoms with Crippen LogP contribution in [0.4, 0.5) is 11.1 Å². The second-order valence-corrected chi connectivity index (χ2v) is 4.49. The van der Waals surface area contributed by atoms with Gasteiger partial charge in [0.05, 0.1) is 7.11 Å². The molecular formula is C11H12N4O2S. The number of methoxy groups -OCH3 is 1. The smallest absolute Gasteiger partial charge is 0.357 e. The van der Waals surface area contributed by atoms with Crippen LogP contribution in [-0.4, -0.2) is 28.0 Å². The quantitative estimate of drug-likeness (QED) is 0.855. The number of carbonyl (C=O) groups is 1. The van der Waals surface area contributed by atoms with Crippen LogP contribution in [0, 0.1) is 13.8 Å². The molecule has 0 unspecified atom stereocenters. The molecule has 0 spiro atoms. The Balaban J connectivity index is 2.18. The average molecular weight is 264 g/mol. The summed E-state index contributed by atoms with van der Waals surface area (Å²) in [5.41, 5.74) is 2.01. The molecule has 6 nitrogen and oxygen atoms in total. The predicted octanol–water partition coefficient (Wildman–Crippen LogP) is 2.08. The molecule has 0 aromatic carbocycles. The van der Waals surface area contributed by atoms with Crippen molar-refractivity contribution in [3.8, 4) is 0 Å². The van der Waals surface area contributed by atoms with Crippen LogP contribution < -0.4 is 5.32 Å². The highest BCUT2D eigenvalue weighted by atomic mass is 32.1. The van der Waals surface area contributed by atoms with Crippen LogP contribution in [0.15, 0.2) is 11.4 Å². The first-order valence-corrected chi connectivity index (χ1v) is 6.09. The van der Waals surface area contributed by atoms with Crippen molar-refractivity contribution < 1.29 is 9.53 Å². The Morgan fingerprint density at radius 1 is 1.28 bits per heavy atom. The second-order valence-electron chi connectivity index (χ2n) is 3.63. The van der Waals surface area contributed by atoms with Gasteiger partial charge in [0.15, 0.2) is 10.8 Å². The van der Waals surface area contributed by atoms with Gasteiger partial charge in [-0.25, -0.2) is 19.7 Å².